The molecule has 38 heavy (non-hydrogen) atoms. The van der Waals surface area contributed by atoms with Crippen LogP contribution in [0, 0.1) is 11.8 Å². The van der Waals surface area contributed by atoms with Gasteiger partial charge in [-0.3, -0.25) is 9.36 Å². The van der Waals surface area contributed by atoms with Crippen LogP contribution in [0.4, 0.5) is 5.95 Å². The van der Waals surface area contributed by atoms with Crippen molar-refractivity contribution in [3.05, 3.63) is 74.9 Å². The van der Waals surface area contributed by atoms with Crippen molar-refractivity contribution in [2.75, 3.05) is 24.7 Å². The molecule has 4 aromatic rings. The molecule has 8 nitrogen and oxygen atoms in total. The number of nitrogens with zero attached hydrogens (tertiary/aromatic N) is 6. The minimum atomic E-state index is -0.250. The number of hydrogen-bond acceptors (Lipinski definition) is 6. The first-order valence-corrected chi connectivity index (χ1v) is 13.9. The Morgan fingerprint density at radius 2 is 1.79 bits per heavy atom. The molecule has 0 N–H and O–H groups in total. The van der Waals surface area contributed by atoms with E-state index in [4.69, 9.17) is 32.9 Å². The third-order valence-electron chi connectivity index (χ3n) is 7.79. The van der Waals surface area contributed by atoms with Crippen LogP contribution >= 0.6 is 23.2 Å². The molecule has 6 rings (SSSR count). The summed E-state index contributed by atoms with van der Waals surface area (Å²) < 4.78 is 9.56. The fourth-order valence-corrected chi connectivity index (χ4v) is 6.05. The Labute approximate surface area is 231 Å². The fourth-order valence-electron chi connectivity index (χ4n) is 5.73. The first kappa shape index (κ1) is 25.3. The van der Waals surface area contributed by atoms with E-state index in [-0.39, 0.29) is 16.9 Å². The summed E-state index contributed by atoms with van der Waals surface area (Å²) in [6.45, 7) is 4.91. The second kappa shape index (κ2) is 10.7. The molecule has 1 atom stereocenters. The van der Waals surface area contributed by atoms with Crippen molar-refractivity contribution in [1.29, 1.82) is 0 Å². The SMILES string of the molecule is CC1CCC(Cn2c(N3CCOCC3c3ccccc3)nc3nc(Cl)nc(-n4cc(Cl)ccc4=O)c32)CC1. The van der Waals surface area contributed by atoms with Crippen LogP contribution in [0.5, 0.6) is 0 Å². The molecule has 4 heterocycles. The van der Waals surface area contributed by atoms with Crippen LogP contribution in [0.3, 0.4) is 0 Å². The van der Waals surface area contributed by atoms with Gasteiger partial charge in [0.05, 0.1) is 24.3 Å². The highest BCUT2D eigenvalue weighted by Crippen LogP contribution is 2.36. The van der Waals surface area contributed by atoms with Gasteiger partial charge in [0.25, 0.3) is 5.56 Å². The minimum absolute atomic E-state index is 0.00679. The van der Waals surface area contributed by atoms with Crippen LogP contribution in [-0.4, -0.2) is 43.8 Å². The van der Waals surface area contributed by atoms with Gasteiger partial charge in [0.15, 0.2) is 11.5 Å². The van der Waals surface area contributed by atoms with Gasteiger partial charge in [-0.15, -0.1) is 0 Å². The van der Waals surface area contributed by atoms with Gasteiger partial charge in [0, 0.05) is 25.4 Å². The molecule has 0 spiro atoms. The van der Waals surface area contributed by atoms with Gasteiger partial charge in [-0.05, 0) is 47.9 Å². The maximum absolute atomic E-state index is 13.0. The second-order valence-electron chi connectivity index (χ2n) is 10.4. The molecule has 3 aromatic heterocycles. The zero-order valence-corrected chi connectivity index (χ0v) is 22.8. The molecule has 2 fully saturated rings. The van der Waals surface area contributed by atoms with Gasteiger partial charge in [-0.1, -0.05) is 61.7 Å². The van der Waals surface area contributed by atoms with Crippen LogP contribution in [0.25, 0.3) is 17.0 Å². The first-order valence-electron chi connectivity index (χ1n) is 13.2. The van der Waals surface area contributed by atoms with Crippen molar-refractivity contribution in [2.45, 2.75) is 45.2 Å². The molecule has 1 saturated heterocycles. The maximum Gasteiger partial charge on any atom is 0.256 e. The van der Waals surface area contributed by atoms with Crippen molar-refractivity contribution < 1.29 is 4.74 Å². The van der Waals surface area contributed by atoms with E-state index in [9.17, 15) is 4.79 Å². The third kappa shape index (κ3) is 4.93. The van der Waals surface area contributed by atoms with Crippen molar-refractivity contribution in [1.82, 2.24) is 24.1 Å². The minimum Gasteiger partial charge on any atom is -0.377 e. The summed E-state index contributed by atoms with van der Waals surface area (Å²) in [7, 11) is 0. The summed E-state index contributed by atoms with van der Waals surface area (Å²) >= 11 is 12.7. The number of fused-ring (bicyclic) bond motifs is 1. The van der Waals surface area contributed by atoms with Crippen LogP contribution < -0.4 is 10.5 Å². The Hall–Kier alpha value is -2.94. The molecule has 1 aromatic carbocycles. The number of halogens is 2. The van der Waals surface area contributed by atoms with Crippen LogP contribution in [0.1, 0.15) is 44.2 Å². The lowest BCUT2D eigenvalue weighted by Crippen LogP contribution is -2.41. The molecule has 0 radical (unpaired) electrons. The molecule has 1 aliphatic carbocycles. The lowest BCUT2D eigenvalue weighted by Gasteiger charge is -2.37. The van der Waals surface area contributed by atoms with Crippen LogP contribution in [0.2, 0.25) is 10.3 Å². The van der Waals surface area contributed by atoms with Gasteiger partial charge in [0.2, 0.25) is 11.2 Å². The van der Waals surface area contributed by atoms with Gasteiger partial charge in [-0.2, -0.15) is 15.0 Å². The number of anilines is 1. The number of ether oxygens (including phenoxy) is 1. The van der Waals surface area contributed by atoms with E-state index in [1.165, 1.54) is 23.5 Å². The van der Waals surface area contributed by atoms with Crippen LogP contribution in [0.15, 0.2) is 53.5 Å². The Kier molecular flexibility index (Phi) is 7.12. The molecule has 2 aliphatic rings. The molecule has 0 bridgehead atoms. The molecular weight excluding hydrogens is 523 g/mol. The average molecular weight is 553 g/mol. The van der Waals surface area contributed by atoms with E-state index in [1.54, 1.807) is 12.3 Å². The van der Waals surface area contributed by atoms with Crippen LogP contribution in [-0.2, 0) is 11.3 Å². The quantitative estimate of drug-likeness (QED) is 0.296. The summed E-state index contributed by atoms with van der Waals surface area (Å²) in [6.07, 6.45) is 6.28. The van der Waals surface area contributed by atoms with Crippen molar-refractivity contribution in [3.63, 3.8) is 0 Å². The number of imidazole rings is 1. The number of aromatic nitrogens is 5. The standard InChI is InChI=1S/C28H30Cl2N6O2/c1-18-7-9-19(10-8-18)15-36-24-25(31-27(30)33-26(24)35-16-21(29)11-12-23(35)37)32-28(36)34-13-14-38-17-22(34)20-5-3-2-4-6-20/h2-6,11-12,16,18-19,22H,7-10,13-15,17H2,1H3. The van der Waals surface area contributed by atoms with E-state index in [0.717, 1.165) is 36.8 Å². The summed E-state index contributed by atoms with van der Waals surface area (Å²) in [6, 6.07) is 13.3. The molecule has 1 saturated carbocycles. The van der Waals surface area contributed by atoms with E-state index in [1.807, 2.05) is 18.2 Å². The predicted octanol–water partition coefficient (Wildman–Crippen LogP) is 5.69. The van der Waals surface area contributed by atoms with E-state index >= 15 is 0 Å². The number of morpholine rings is 1. The second-order valence-corrected chi connectivity index (χ2v) is 11.2. The largest absolute Gasteiger partial charge is 0.377 e. The van der Waals surface area contributed by atoms with E-state index in [2.05, 4.69) is 38.5 Å². The average Bonchev–Trinajstić information content (AvgIpc) is 3.29. The first-order chi connectivity index (χ1) is 18.5. The zero-order valence-electron chi connectivity index (χ0n) is 21.3. The predicted molar refractivity (Wildman–Crippen MR) is 149 cm³/mol. The van der Waals surface area contributed by atoms with Crippen molar-refractivity contribution in [2.24, 2.45) is 11.8 Å². The summed E-state index contributed by atoms with van der Waals surface area (Å²) in [5.41, 5.74) is 2.06. The van der Waals surface area contributed by atoms with Crippen molar-refractivity contribution >= 4 is 40.3 Å². The smallest absolute Gasteiger partial charge is 0.256 e. The maximum atomic E-state index is 13.0. The Morgan fingerprint density at radius 1 is 1.00 bits per heavy atom. The molecule has 1 unspecified atom stereocenters. The molecule has 198 valence electrons. The summed E-state index contributed by atoms with van der Waals surface area (Å²) in [5, 5.41) is 0.459. The van der Waals surface area contributed by atoms with E-state index < -0.39 is 0 Å². The monoisotopic (exact) mass is 552 g/mol. The number of rotatable bonds is 5. The van der Waals surface area contributed by atoms with Gasteiger partial charge < -0.3 is 14.2 Å². The zero-order chi connectivity index (χ0) is 26.2. The Bertz CT molecular complexity index is 1500. The lowest BCUT2D eigenvalue weighted by atomic mass is 9.83. The topological polar surface area (TPSA) is 78.1 Å². The summed E-state index contributed by atoms with van der Waals surface area (Å²) in [4.78, 5) is 29.3. The highest BCUT2D eigenvalue weighted by molar-refractivity contribution is 6.30. The molecular formula is C28H30Cl2N6O2. The summed E-state index contributed by atoms with van der Waals surface area (Å²) in [5.74, 6) is 2.41. The van der Waals surface area contributed by atoms with E-state index in [0.29, 0.717) is 47.7 Å². The van der Waals surface area contributed by atoms with Gasteiger partial charge in [-0.25, -0.2) is 0 Å². The number of hydrogen-bond donors (Lipinski definition) is 0. The normalized spacial score (nSPS) is 22.2. The highest BCUT2D eigenvalue weighted by atomic mass is 35.5. The van der Waals surface area contributed by atoms with Gasteiger partial charge in [0.1, 0.15) is 5.52 Å². The molecule has 0 amide bonds. The number of pyridine rings is 1. The Balaban J connectivity index is 1.55. The fraction of sp³-hybridized carbons (Fsp3) is 0.429. The highest BCUT2D eigenvalue weighted by Gasteiger charge is 2.32. The van der Waals surface area contributed by atoms with Crippen molar-refractivity contribution in [3.8, 4) is 5.82 Å². The van der Waals surface area contributed by atoms with Gasteiger partial charge >= 0.3 is 0 Å². The lowest BCUT2D eigenvalue weighted by molar-refractivity contribution is 0.0927. The molecule has 1 aliphatic heterocycles. The third-order valence-corrected chi connectivity index (χ3v) is 8.18. The number of benzene rings is 1. The molecule has 10 heteroatoms. The Morgan fingerprint density at radius 3 is 2.58 bits per heavy atom.